The largest absolute Gasteiger partial charge is 0.363 e. The van der Waals surface area contributed by atoms with Gasteiger partial charge in [-0.1, -0.05) is 39.5 Å². The Balaban J connectivity index is 3.38. The van der Waals surface area contributed by atoms with Crippen molar-refractivity contribution in [1.82, 2.24) is 10.6 Å². The van der Waals surface area contributed by atoms with Crippen molar-refractivity contribution in [3.8, 4) is 0 Å². The first-order valence-electron chi connectivity index (χ1n) is 6.25. The fraction of sp³-hybridized carbons (Fsp3) is 0.917. The summed E-state index contributed by atoms with van der Waals surface area (Å²) in [5.74, 6) is 0. The average molecular weight is 230 g/mol. The van der Waals surface area contributed by atoms with Crippen LogP contribution >= 0.6 is 12.2 Å². The van der Waals surface area contributed by atoms with Gasteiger partial charge in [-0.25, -0.2) is 0 Å². The van der Waals surface area contributed by atoms with E-state index in [1.807, 2.05) is 0 Å². The lowest BCUT2D eigenvalue weighted by Crippen LogP contribution is -2.40. The highest BCUT2D eigenvalue weighted by Gasteiger charge is 2.02. The van der Waals surface area contributed by atoms with Gasteiger partial charge in [0.25, 0.3) is 0 Å². The highest BCUT2D eigenvalue weighted by Crippen LogP contribution is 2.04. The summed E-state index contributed by atoms with van der Waals surface area (Å²) < 4.78 is 0. The van der Waals surface area contributed by atoms with Crippen LogP contribution in [0.1, 0.15) is 59.3 Å². The van der Waals surface area contributed by atoms with Crippen LogP contribution in [0.4, 0.5) is 0 Å². The molecule has 1 unspecified atom stereocenters. The lowest BCUT2D eigenvalue weighted by Gasteiger charge is -2.16. The molecule has 0 aromatic rings. The van der Waals surface area contributed by atoms with Crippen LogP contribution < -0.4 is 10.6 Å². The van der Waals surface area contributed by atoms with E-state index in [1.54, 1.807) is 0 Å². The quantitative estimate of drug-likeness (QED) is 0.494. The standard InChI is InChI=1S/C12H26N2S/c1-4-6-7-8-9-11(3)14-12(15)13-10-5-2/h11H,4-10H2,1-3H3,(H2,13,14,15). The number of rotatable bonds is 8. The van der Waals surface area contributed by atoms with Gasteiger partial charge in [0.2, 0.25) is 0 Å². The van der Waals surface area contributed by atoms with E-state index in [0.717, 1.165) is 18.1 Å². The molecule has 1 atom stereocenters. The number of unbranched alkanes of at least 4 members (excludes halogenated alkanes) is 3. The van der Waals surface area contributed by atoms with Gasteiger partial charge in [0, 0.05) is 12.6 Å². The Morgan fingerprint density at radius 1 is 1.13 bits per heavy atom. The van der Waals surface area contributed by atoms with Crippen molar-refractivity contribution in [2.75, 3.05) is 6.54 Å². The van der Waals surface area contributed by atoms with E-state index < -0.39 is 0 Å². The molecule has 0 saturated heterocycles. The van der Waals surface area contributed by atoms with Crippen LogP contribution in [-0.2, 0) is 0 Å². The average Bonchev–Trinajstić information content (AvgIpc) is 2.21. The maximum absolute atomic E-state index is 5.18. The zero-order chi connectivity index (χ0) is 11.5. The SMILES string of the molecule is CCCCCCC(C)NC(=S)NCCC. The number of nitrogens with one attached hydrogen (secondary N) is 2. The van der Waals surface area contributed by atoms with E-state index >= 15 is 0 Å². The smallest absolute Gasteiger partial charge is 0.166 e. The van der Waals surface area contributed by atoms with Crippen LogP contribution in [-0.4, -0.2) is 17.7 Å². The third kappa shape index (κ3) is 9.98. The number of hydrogen-bond acceptors (Lipinski definition) is 1. The van der Waals surface area contributed by atoms with Crippen molar-refractivity contribution in [2.24, 2.45) is 0 Å². The molecular weight excluding hydrogens is 204 g/mol. The van der Waals surface area contributed by atoms with Gasteiger partial charge in [0.05, 0.1) is 0 Å². The van der Waals surface area contributed by atoms with E-state index in [-0.39, 0.29) is 0 Å². The summed E-state index contributed by atoms with van der Waals surface area (Å²) >= 11 is 5.18. The van der Waals surface area contributed by atoms with Gasteiger partial charge < -0.3 is 10.6 Å². The Morgan fingerprint density at radius 3 is 2.47 bits per heavy atom. The third-order valence-electron chi connectivity index (χ3n) is 2.40. The van der Waals surface area contributed by atoms with E-state index in [0.29, 0.717) is 6.04 Å². The van der Waals surface area contributed by atoms with Crippen LogP contribution in [0.2, 0.25) is 0 Å². The zero-order valence-electron chi connectivity index (χ0n) is 10.4. The molecule has 0 rings (SSSR count). The normalized spacial score (nSPS) is 12.2. The Bertz CT molecular complexity index is 160. The molecule has 2 N–H and O–H groups in total. The minimum Gasteiger partial charge on any atom is -0.363 e. The first kappa shape index (κ1) is 14.7. The minimum absolute atomic E-state index is 0.499. The second kappa shape index (κ2) is 10.2. The Hall–Kier alpha value is -0.310. The van der Waals surface area contributed by atoms with Crippen LogP contribution in [0.5, 0.6) is 0 Å². The fourth-order valence-corrected chi connectivity index (χ4v) is 1.77. The molecule has 0 aliphatic heterocycles. The maximum Gasteiger partial charge on any atom is 0.166 e. The van der Waals surface area contributed by atoms with E-state index in [1.165, 1.54) is 32.1 Å². The van der Waals surface area contributed by atoms with Crippen LogP contribution in [0, 0.1) is 0 Å². The molecule has 0 heterocycles. The molecule has 0 aromatic heterocycles. The van der Waals surface area contributed by atoms with Gasteiger partial charge >= 0.3 is 0 Å². The van der Waals surface area contributed by atoms with Crippen molar-refractivity contribution in [3.63, 3.8) is 0 Å². The Labute approximate surface area is 100 Å². The second-order valence-corrected chi connectivity index (χ2v) is 4.56. The van der Waals surface area contributed by atoms with Crippen molar-refractivity contribution in [3.05, 3.63) is 0 Å². The van der Waals surface area contributed by atoms with E-state index in [9.17, 15) is 0 Å². The molecule has 0 bridgehead atoms. The van der Waals surface area contributed by atoms with Crippen molar-refractivity contribution in [2.45, 2.75) is 65.3 Å². The zero-order valence-corrected chi connectivity index (χ0v) is 11.3. The summed E-state index contributed by atoms with van der Waals surface area (Å²) in [5, 5.41) is 7.30. The molecule has 0 aliphatic rings. The third-order valence-corrected chi connectivity index (χ3v) is 2.67. The van der Waals surface area contributed by atoms with Gasteiger partial charge in [-0.15, -0.1) is 0 Å². The van der Waals surface area contributed by atoms with Crippen molar-refractivity contribution >= 4 is 17.3 Å². The van der Waals surface area contributed by atoms with Gasteiger partial charge in [-0.2, -0.15) is 0 Å². The monoisotopic (exact) mass is 230 g/mol. The highest BCUT2D eigenvalue weighted by atomic mass is 32.1. The molecule has 15 heavy (non-hydrogen) atoms. The predicted octanol–water partition coefficient (Wildman–Crippen LogP) is 3.22. The summed E-state index contributed by atoms with van der Waals surface area (Å²) in [4.78, 5) is 0. The summed E-state index contributed by atoms with van der Waals surface area (Å²) in [6.07, 6.45) is 7.64. The minimum atomic E-state index is 0.499. The molecule has 0 aliphatic carbocycles. The number of thiocarbonyl (C=S) groups is 1. The molecule has 0 radical (unpaired) electrons. The summed E-state index contributed by atoms with van der Waals surface area (Å²) in [7, 11) is 0. The Morgan fingerprint density at radius 2 is 1.87 bits per heavy atom. The molecular formula is C12H26N2S. The molecule has 0 aromatic carbocycles. The van der Waals surface area contributed by atoms with Gasteiger partial charge in [-0.3, -0.25) is 0 Å². The molecule has 3 heteroatoms. The van der Waals surface area contributed by atoms with Gasteiger partial charge in [-0.05, 0) is 32.0 Å². The molecule has 2 nitrogen and oxygen atoms in total. The first-order valence-corrected chi connectivity index (χ1v) is 6.65. The topological polar surface area (TPSA) is 24.1 Å². The molecule has 0 fully saturated rings. The number of hydrogen-bond donors (Lipinski definition) is 2. The van der Waals surface area contributed by atoms with Crippen molar-refractivity contribution in [1.29, 1.82) is 0 Å². The van der Waals surface area contributed by atoms with Gasteiger partial charge in [0.1, 0.15) is 0 Å². The summed E-state index contributed by atoms with van der Waals surface area (Å²) in [6, 6.07) is 0.499. The van der Waals surface area contributed by atoms with Crippen LogP contribution in [0.25, 0.3) is 0 Å². The van der Waals surface area contributed by atoms with Crippen LogP contribution in [0.3, 0.4) is 0 Å². The first-order chi connectivity index (χ1) is 7.20. The molecule has 0 amide bonds. The lowest BCUT2D eigenvalue weighted by molar-refractivity contribution is 0.540. The Kier molecular flexibility index (Phi) is 10.0. The molecule has 0 spiro atoms. The summed E-state index contributed by atoms with van der Waals surface area (Å²) in [6.45, 7) is 7.55. The fourth-order valence-electron chi connectivity index (χ4n) is 1.46. The van der Waals surface area contributed by atoms with E-state index in [4.69, 9.17) is 12.2 Å². The van der Waals surface area contributed by atoms with E-state index in [2.05, 4.69) is 31.4 Å². The predicted molar refractivity (Wildman–Crippen MR) is 72.2 cm³/mol. The maximum atomic E-state index is 5.18. The van der Waals surface area contributed by atoms with Gasteiger partial charge in [0.15, 0.2) is 5.11 Å². The van der Waals surface area contributed by atoms with Crippen molar-refractivity contribution < 1.29 is 0 Å². The second-order valence-electron chi connectivity index (χ2n) is 4.15. The molecule has 90 valence electrons. The molecule has 0 saturated carbocycles. The lowest BCUT2D eigenvalue weighted by atomic mass is 10.1. The highest BCUT2D eigenvalue weighted by molar-refractivity contribution is 7.80. The summed E-state index contributed by atoms with van der Waals surface area (Å²) in [5.41, 5.74) is 0. The van der Waals surface area contributed by atoms with Crippen LogP contribution in [0.15, 0.2) is 0 Å².